The van der Waals surface area contributed by atoms with Gasteiger partial charge in [0.05, 0.1) is 10.6 Å². The van der Waals surface area contributed by atoms with Crippen LogP contribution in [0.5, 0.6) is 0 Å². The minimum atomic E-state index is -0.155. The second-order valence-corrected chi connectivity index (χ2v) is 5.74. The fourth-order valence-electron chi connectivity index (χ4n) is 1.81. The van der Waals surface area contributed by atoms with Gasteiger partial charge < -0.3 is 5.32 Å². The summed E-state index contributed by atoms with van der Waals surface area (Å²) >= 11 is 9.54. The van der Waals surface area contributed by atoms with Crippen LogP contribution in [0.1, 0.15) is 37.0 Å². The van der Waals surface area contributed by atoms with Crippen molar-refractivity contribution in [1.82, 2.24) is 10.3 Å². The molecule has 0 aliphatic rings. The summed E-state index contributed by atoms with van der Waals surface area (Å²) in [6, 6.07) is 1.62. The lowest BCUT2D eigenvalue weighted by atomic mass is 9.99. The molecular weight excluding hydrogens is 316 g/mol. The van der Waals surface area contributed by atoms with E-state index in [4.69, 9.17) is 11.6 Å². The number of hydrogen-bond donors (Lipinski definition) is 1. The zero-order chi connectivity index (χ0) is 13.5. The van der Waals surface area contributed by atoms with Crippen LogP contribution in [0.25, 0.3) is 0 Å². The molecule has 0 aliphatic carbocycles. The van der Waals surface area contributed by atoms with Crippen molar-refractivity contribution in [3.05, 3.63) is 29.0 Å². The maximum Gasteiger partial charge on any atom is 0.252 e. The summed E-state index contributed by atoms with van der Waals surface area (Å²) in [5.74, 6) is 0.413. The predicted molar refractivity (Wildman–Crippen MR) is 78.4 cm³/mol. The molecule has 5 heteroatoms. The summed E-state index contributed by atoms with van der Waals surface area (Å²) in [6.07, 6.45) is 5.23. The van der Waals surface area contributed by atoms with Gasteiger partial charge in [-0.1, -0.05) is 54.2 Å². The topological polar surface area (TPSA) is 42.0 Å². The molecule has 1 heterocycles. The van der Waals surface area contributed by atoms with Crippen molar-refractivity contribution >= 4 is 33.4 Å². The summed E-state index contributed by atoms with van der Waals surface area (Å²) in [5.41, 5.74) is 0.468. The Morgan fingerprint density at radius 2 is 2.17 bits per heavy atom. The zero-order valence-corrected chi connectivity index (χ0v) is 13.0. The normalized spacial score (nSPS) is 12.5. The number of aromatic nitrogens is 1. The Kier molecular flexibility index (Phi) is 6.65. The Bertz CT molecular complexity index is 396. The van der Waals surface area contributed by atoms with Crippen molar-refractivity contribution in [3.8, 4) is 0 Å². The quantitative estimate of drug-likeness (QED) is 0.807. The summed E-state index contributed by atoms with van der Waals surface area (Å²) in [5, 5.41) is 3.27. The number of carbonyl (C=O) groups excluding carboxylic acids is 1. The molecule has 1 unspecified atom stereocenters. The van der Waals surface area contributed by atoms with E-state index in [1.165, 1.54) is 6.20 Å². The van der Waals surface area contributed by atoms with Crippen molar-refractivity contribution in [2.75, 3.05) is 6.54 Å². The molecule has 0 bridgehead atoms. The van der Waals surface area contributed by atoms with E-state index >= 15 is 0 Å². The highest BCUT2D eigenvalue weighted by Gasteiger charge is 2.17. The lowest BCUT2D eigenvalue weighted by molar-refractivity contribution is 0.0952. The molecule has 100 valence electrons. The first-order chi connectivity index (χ1) is 8.60. The molecule has 0 saturated carbocycles. The summed E-state index contributed by atoms with van der Waals surface area (Å²) < 4.78 is 0. The van der Waals surface area contributed by atoms with Gasteiger partial charge in [-0.3, -0.25) is 9.78 Å². The van der Waals surface area contributed by atoms with Crippen LogP contribution in [-0.2, 0) is 0 Å². The number of hydrogen-bond acceptors (Lipinski definition) is 2. The first kappa shape index (κ1) is 15.4. The van der Waals surface area contributed by atoms with Gasteiger partial charge in [0.25, 0.3) is 5.91 Å². The fourth-order valence-corrected chi connectivity index (χ4v) is 2.93. The molecule has 1 rings (SSSR count). The van der Waals surface area contributed by atoms with Crippen molar-refractivity contribution in [2.24, 2.45) is 5.92 Å². The van der Waals surface area contributed by atoms with Crippen molar-refractivity contribution in [3.63, 3.8) is 0 Å². The van der Waals surface area contributed by atoms with E-state index in [1.54, 1.807) is 12.3 Å². The lowest BCUT2D eigenvalue weighted by Gasteiger charge is -2.20. The first-order valence-electron chi connectivity index (χ1n) is 6.11. The maximum atomic E-state index is 11.9. The van der Waals surface area contributed by atoms with E-state index < -0.39 is 0 Å². The van der Waals surface area contributed by atoms with Gasteiger partial charge in [0, 0.05) is 23.8 Å². The molecular formula is C13H18BrClN2O. The molecule has 0 radical (unpaired) electrons. The highest BCUT2D eigenvalue weighted by Crippen LogP contribution is 2.20. The van der Waals surface area contributed by atoms with Gasteiger partial charge in [0.15, 0.2) is 0 Å². The number of nitrogens with zero attached hydrogens (tertiary/aromatic N) is 1. The van der Waals surface area contributed by atoms with Crippen LogP contribution in [0.4, 0.5) is 0 Å². The fraction of sp³-hybridized carbons (Fsp3) is 0.538. The molecule has 1 N–H and O–H groups in total. The molecule has 1 atom stereocenters. The van der Waals surface area contributed by atoms with Crippen LogP contribution >= 0.6 is 27.5 Å². The first-order valence-corrected chi connectivity index (χ1v) is 7.41. The summed E-state index contributed by atoms with van der Waals surface area (Å²) in [6.45, 7) is 4.91. The zero-order valence-electron chi connectivity index (χ0n) is 10.6. The van der Waals surface area contributed by atoms with Crippen LogP contribution in [-0.4, -0.2) is 22.3 Å². The van der Waals surface area contributed by atoms with E-state index in [1.807, 2.05) is 0 Å². The third-order valence-corrected chi connectivity index (χ3v) is 4.41. The Labute approximate surface area is 121 Å². The predicted octanol–water partition coefficient (Wildman–Crippen LogP) is 3.66. The molecule has 0 saturated heterocycles. The number of halogens is 2. The second kappa shape index (κ2) is 7.74. The highest BCUT2D eigenvalue weighted by molar-refractivity contribution is 9.09. The molecule has 1 aromatic heterocycles. The van der Waals surface area contributed by atoms with E-state index in [0.29, 0.717) is 23.0 Å². The number of nitrogens with one attached hydrogen (secondary N) is 1. The highest BCUT2D eigenvalue weighted by atomic mass is 79.9. The Morgan fingerprint density at radius 1 is 1.50 bits per heavy atom. The van der Waals surface area contributed by atoms with E-state index in [2.05, 4.69) is 40.1 Å². The van der Waals surface area contributed by atoms with E-state index in [0.717, 1.165) is 12.8 Å². The molecule has 0 aromatic carbocycles. The number of rotatable bonds is 6. The van der Waals surface area contributed by atoms with E-state index in [9.17, 15) is 4.79 Å². The minimum Gasteiger partial charge on any atom is -0.351 e. The molecule has 3 nitrogen and oxygen atoms in total. The monoisotopic (exact) mass is 332 g/mol. The summed E-state index contributed by atoms with van der Waals surface area (Å²) in [7, 11) is 0. The Hall–Kier alpha value is -0.610. The van der Waals surface area contributed by atoms with Crippen LogP contribution in [0.2, 0.25) is 5.02 Å². The summed E-state index contributed by atoms with van der Waals surface area (Å²) in [4.78, 5) is 16.1. The van der Waals surface area contributed by atoms with Gasteiger partial charge in [-0.25, -0.2) is 0 Å². The third-order valence-electron chi connectivity index (χ3n) is 3.03. The van der Waals surface area contributed by atoms with Gasteiger partial charge >= 0.3 is 0 Å². The van der Waals surface area contributed by atoms with Crippen molar-refractivity contribution in [1.29, 1.82) is 0 Å². The molecule has 18 heavy (non-hydrogen) atoms. The van der Waals surface area contributed by atoms with E-state index in [-0.39, 0.29) is 10.7 Å². The largest absolute Gasteiger partial charge is 0.351 e. The maximum absolute atomic E-state index is 11.9. The molecule has 0 fully saturated rings. The number of pyridine rings is 1. The van der Waals surface area contributed by atoms with Gasteiger partial charge in [0.2, 0.25) is 0 Å². The van der Waals surface area contributed by atoms with Gasteiger partial charge in [-0.2, -0.15) is 0 Å². The Morgan fingerprint density at radius 3 is 2.72 bits per heavy atom. The Balaban J connectivity index is 2.54. The second-order valence-electron chi connectivity index (χ2n) is 4.16. The number of amides is 1. The average Bonchev–Trinajstić information content (AvgIpc) is 2.38. The van der Waals surface area contributed by atoms with Crippen LogP contribution in [0.3, 0.4) is 0 Å². The molecule has 0 aliphatic heterocycles. The smallest absolute Gasteiger partial charge is 0.252 e. The minimum absolute atomic E-state index is 0.155. The standard InChI is InChI=1S/C13H18BrClN2O/c1-3-9(4-2)11(14)7-17-13(18)10-5-6-16-8-12(10)15/h5-6,8-9,11H,3-4,7H2,1-2H3,(H,17,18). The SMILES string of the molecule is CCC(CC)C(Br)CNC(=O)c1ccncc1Cl. The van der Waals surface area contributed by atoms with Gasteiger partial charge in [-0.05, 0) is 12.0 Å². The number of alkyl halides is 1. The van der Waals surface area contributed by atoms with Crippen molar-refractivity contribution in [2.45, 2.75) is 31.5 Å². The van der Waals surface area contributed by atoms with Gasteiger partial charge in [0.1, 0.15) is 0 Å². The average molecular weight is 334 g/mol. The molecule has 1 amide bonds. The van der Waals surface area contributed by atoms with Crippen LogP contribution in [0, 0.1) is 5.92 Å². The molecule has 0 spiro atoms. The van der Waals surface area contributed by atoms with Crippen molar-refractivity contribution < 1.29 is 4.79 Å². The van der Waals surface area contributed by atoms with Crippen LogP contribution < -0.4 is 5.32 Å². The number of carbonyl (C=O) groups is 1. The third kappa shape index (κ3) is 4.25. The van der Waals surface area contributed by atoms with Gasteiger partial charge in [-0.15, -0.1) is 0 Å². The lowest BCUT2D eigenvalue weighted by Crippen LogP contribution is -2.33. The molecule has 1 aromatic rings. The van der Waals surface area contributed by atoms with Crippen LogP contribution in [0.15, 0.2) is 18.5 Å².